The van der Waals surface area contributed by atoms with E-state index >= 15 is 0 Å². The molecule has 16 unspecified atom stereocenters. The monoisotopic (exact) mass is 679 g/mol. The molecule has 3 nitrogen and oxygen atoms in total. The van der Waals surface area contributed by atoms with Crippen LogP contribution in [0, 0.1) is 53.3 Å². The van der Waals surface area contributed by atoms with Crippen LogP contribution in [-0.4, -0.2) is 68.3 Å². The molecule has 2 saturated heterocycles. The van der Waals surface area contributed by atoms with E-state index in [9.17, 15) is 0 Å². The summed E-state index contributed by atoms with van der Waals surface area (Å²) in [5.74, 6) is 9.25. The molecule has 274 valence electrons. The van der Waals surface area contributed by atoms with Crippen LogP contribution < -0.4 is 0 Å². The molecule has 8 aliphatic rings. The molecule has 0 bridgehead atoms. The zero-order valence-corrected chi connectivity index (χ0v) is 33.8. The van der Waals surface area contributed by atoms with E-state index in [4.69, 9.17) is 4.74 Å². The van der Waals surface area contributed by atoms with E-state index in [1.54, 1.807) is 57.4 Å². The van der Waals surface area contributed by atoms with Crippen LogP contribution in [0.5, 0.6) is 0 Å². The zero-order chi connectivity index (χ0) is 33.4. The lowest BCUT2D eigenvalue weighted by molar-refractivity contribution is -0.00471. The minimum absolute atomic E-state index is 0.00489. The Labute approximate surface area is 298 Å². The van der Waals surface area contributed by atoms with Crippen LogP contribution in [0.2, 0.25) is 23.7 Å². The number of fused-ring (bicyclic) bond motifs is 10. The fraction of sp³-hybridized carbons (Fsp3) is 1.00. The molecule has 8 rings (SSSR count). The number of unbranched alkanes of at least 4 members (excludes halogenated alkanes) is 3. The first kappa shape index (κ1) is 35.1. The Hall–Kier alpha value is 0.0969. The van der Waals surface area contributed by atoms with Gasteiger partial charge in [0.15, 0.2) is 0 Å². The highest BCUT2D eigenvalue weighted by Gasteiger charge is 2.71. The van der Waals surface area contributed by atoms with E-state index in [1.165, 1.54) is 70.6 Å². The minimum atomic E-state index is -1.69. The lowest BCUT2D eigenvalue weighted by Crippen LogP contribution is -2.52. The van der Waals surface area contributed by atoms with Gasteiger partial charge >= 0.3 is 0 Å². The van der Waals surface area contributed by atoms with Gasteiger partial charge in [-0.2, -0.15) is 0 Å². The van der Waals surface area contributed by atoms with Crippen molar-refractivity contribution >= 4 is 8.07 Å². The van der Waals surface area contributed by atoms with Crippen LogP contribution in [0.4, 0.5) is 0 Å². The van der Waals surface area contributed by atoms with Crippen molar-refractivity contribution in [2.45, 2.75) is 203 Å². The molecule has 0 aromatic rings. The van der Waals surface area contributed by atoms with Gasteiger partial charge in [-0.25, -0.2) is 0 Å². The molecule has 0 N–H and O–H groups in total. The van der Waals surface area contributed by atoms with E-state index in [0.29, 0.717) is 0 Å². The Bertz CT molecular complexity index is 1100. The van der Waals surface area contributed by atoms with Gasteiger partial charge in [-0.1, -0.05) is 90.1 Å². The second-order valence-corrected chi connectivity index (χ2v) is 25.9. The van der Waals surface area contributed by atoms with E-state index < -0.39 is 8.07 Å². The summed E-state index contributed by atoms with van der Waals surface area (Å²) < 4.78 is 6.18. The average molecular weight is 679 g/mol. The number of hydrogen-bond donors (Lipinski definition) is 0. The summed E-state index contributed by atoms with van der Waals surface area (Å²) >= 11 is 0. The molecule has 2 heterocycles. The third-order valence-electron chi connectivity index (χ3n) is 17.7. The van der Waals surface area contributed by atoms with Crippen LogP contribution in [-0.2, 0) is 4.74 Å². The lowest BCUT2D eigenvalue weighted by atomic mass is 9.73. The van der Waals surface area contributed by atoms with Gasteiger partial charge in [0.2, 0.25) is 0 Å². The summed E-state index contributed by atoms with van der Waals surface area (Å²) in [5, 5.41) is 0. The van der Waals surface area contributed by atoms with Gasteiger partial charge in [-0.15, -0.1) is 0 Å². The molecule has 0 aromatic heterocycles. The molecule has 6 aliphatic carbocycles. The summed E-state index contributed by atoms with van der Waals surface area (Å²) in [6, 6.07) is 5.35. The van der Waals surface area contributed by atoms with Gasteiger partial charge in [0, 0.05) is 30.8 Å². The van der Waals surface area contributed by atoms with Gasteiger partial charge in [0.25, 0.3) is 0 Å². The van der Waals surface area contributed by atoms with Crippen molar-refractivity contribution in [1.82, 2.24) is 9.80 Å². The average Bonchev–Trinajstić information content (AvgIpc) is 3.77. The Morgan fingerprint density at radius 1 is 0.583 bits per heavy atom. The molecule has 16 atom stereocenters. The van der Waals surface area contributed by atoms with Crippen LogP contribution in [0.1, 0.15) is 150 Å². The summed E-state index contributed by atoms with van der Waals surface area (Å²) in [6.07, 6.45) is 28.7. The van der Waals surface area contributed by atoms with Gasteiger partial charge in [-0.3, -0.25) is 9.80 Å². The zero-order valence-electron chi connectivity index (χ0n) is 32.8. The van der Waals surface area contributed by atoms with Gasteiger partial charge < -0.3 is 4.74 Å². The predicted molar refractivity (Wildman–Crippen MR) is 205 cm³/mol. The lowest BCUT2D eigenvalue weighted by Gasteiger charge is -2.53. The molecule has 0 radical (unpaired) electrons. The highest BCUT2D eigenvalue weighted by Crippen LogP contribution is 2.72. The fourth-order valence-electron chi connectivity index (χ4n) is 16.5. The first-order chi connectivity index (χ1) is 23.1. The molecule has 6 saturated carbocycles. The standard InChI is InChI=1S/C44H78N2OSi/c1-29-24-25-37-35(28-29)39-41(46(37)6)31-19-11-13-21-33(31)43(39)48(7,27-17-9-8-16-26-47-44(2,3)4)42-32-20-12-10-18-30(32)40-38(42)34-22-14-15-23-36(34)45(40)5/h29-43H,8-28H2,1-7H3. The SMILES string of the molecule is CC1CCC2C(C1)C1C(C3CCCCC3C1[Si](C)(CCCCCCOC(C)(C)C)C1C3CCCCC3C3C1C1CCCCC1N3C)N2C. The minimum Gasteiger partial charge on any atom is -0.376 e. The second-order valence-electron chi connectivity index (χ2n) is 21.0. The third-order valence-corrected chi connectivity index (χ3v) is 23.8. The first-order valence-electron chi connectivity index (χ1n) is 22.2. The van der Waals surface area contributed by atoms with Gasteiger partial charge in [-0.05, 0) is 151 Å². The van der Waals surface area contributed by atoms with Gasteiger partial charge in [0.1, 0.15) is 0 Å². The number of rotatable bonds is 9. The van der Waals surface area contributed by atoms with Crippen molar-refractivity contribution < 1.29 is 4.74 Å². The highest BCUT2D eigenvalue weighted by molar-refractivity contribution is 6.81. The Kier molecular flexibility index (Phi) is 10.1. The van der Waals surface area contributed by atoms with Crippen LogP contribution >= 0.6 is 0 Å². The number of hydrogen-bond acceptors (Lipinski definition) is 3. The van der Waals surface area contributed by atoms with Crippen molar-refractivity contribution in [2.24, 2.45) is 53.3 Å². The predicted octanol–water partition coefficient (Wildman–Crippen LogP) is 11.0. The highest BCUT2D eigenvalue weighted by atomic mass is 28.3. The molecular weight excluding hydrogens is 601 g/mol. The van der Waals surface area contributed by atoms with Crippen molar-refractivity contribution in [2.75, 3.05) is 20.7 Å². The topological polar surface area (TPSA) is 15.7 Å². The Morgan fingerprint density at radius 3 is 1.69 bits per heavy atom. The Balaban J connectivity index is 1.16. The van der Waals surface area contributed by atoms with E-state index in [-0.39, 0.29) is 5.60 Å². The molecule has 2 aliphatic heterocycles. The largest absolute Gasteiger partial charge is 0.376 e. The van der Waals surface area contributed by atoms with Crippen LogP contribution in [0.15, 0.2) is 0 Å². The van der Waals surface area contributed by atoms with Crippen molar-refractivity contribution in [3.63, 3.8) is 0 Å². The van der Waals surface area contributed by atoms with Crippen molar-refractivity contribution in [1.29, 1.82) is 0 Å². The number of likely N-dealkylation sites (tertiary alicyclic amines) is 2. The number of nitrogens with zero attached hydrogens (tertiary/aromatic N) is 2. The molecule has 0 amide bonds. The van der Waals surface area contributed by atoms with E-state index in [1.807, 2.05) is 0 Å². The summed E-state index contributed by atoms with van der Waals surface area (Å²) in [7, 11) is 3.60. The maximum absolute atomic E-state index is 6.18. The smallest absolute Gasteiger partial charge is 0.0598 e. The molecular formula is C44H78N2OSi. The quantitative estimate of drug-likeness (QED) is 0.178. The maximum atomic E-state index is 6.18. The summed E-state index contributed by atoms with van der Waals surface area (Å²) in [6.45, 7) is 13.4. The van der Waals surface area contributed by atoms with Crippen molar-refractivity contribution in [3.8, 4) is 0 Å². The van der Waals surface area contributed by atoms with E-state index in [0.717, 1.165) is 95.1 Å². The summed E-state index contributed by atoms with van der Waals surface area (Å²) in [4.78, 5) is 6.18. The molecule has 4 heteroatoms. The molecule has 8 fully saturated rings. The Morgan fingerprint density at radius 2 is 1.08 bits per heavy atom. The number of ether oxygens (including phenoxy) is 1. The van der Waals surface area contributed by atoms with E-state index in [2.05, 4.69) is 58.1 Å². The summed E-state index contributed by atoms with van der Waals surface area (Å²) in [5.41, 5.74) is 2.23. The fourth-order valence-corrected chi connectivity index (χ4v) is 24.0. The van der Waals surface area contributed by atoms with Crippen LogP contribution in [0.3, 0.4) is 0 Å². The van der Waals surface area contributed by atoms with Crippen molar-refractivity contribution in [3.05, 3.63) is 0 Å². The maximum Gasteiger partial charge on any atom is 0.0598 e. The molecule has 0 spiro atoms. The first-order valence-corrected chi connectivity index (χ1v) is 25.0. The van der Waals surface area contributed by atoms with Gasteiger partial charge in [0.05, 0.1) is 13.7 Å². The third kappa shape index (κ3) is 5.90. The molecule has 0 aromatic carbocycles. The second kappa shape index (κ2) is 13.8. The molecule has 48 heavy (non-hydrogen) atoms. The van der Waals surface area contributed by atoms with Crippen LogP contribution in [0.25, 0.3) is 0 Å². The normalized spacial score (nSPS) is 48.7.